The molecule has 0 aliphatic heterocycles. The fourth-order valence-corrected chi connectivity index (χ4v) is 6.25. The Bertz CT molecular complexity index is 1930. The quantitative estimate of drug-likeness (QED) is 0.197. The number of nitrogens with two attached hydrogens (primary N) is 1. The Hall–Kier alpha value is -4.60. The van der Waals surface area contributed by atoms with Gasteiger partial charge in [0.15, 0.2) is 0 Å². The molecule has 0 bridgehead atoms. The van der Waals surface area contributed by atoms with Gasteiger partial charge in [0.2, 0.25) is 0 Å². The number of aromatic amines is 1. The molecule has 1 aliphatic carbocycles. The van der Waals surface area contributed by atoms with Gasteiger partial charge in [0, 0.05) is 40.4 Å². The molecule has 1 aliphatic rings. The molecule has 2 heterocycles. The van der Waals surface area contributed by atoms with Crippen molar-refractivity contribution in [2.45, 2.75) is 37.5 Å². The van der Waals surface area contributed by atoms with Crippen LogP contribution < -0.4 is 5.73 Å². The van der Waals surface area contributed by atoms with Crippen molar-refractivity contribution in [2.75, 3.05) is 12.3 Å². The van der Waals surface area contributed by atoms with Gasteiger partial charge in [0.05, 0.1) is 28.4 Å². The molecule has 1 saturated carbocycles. The molecule has 5 aromatic rings. The maximum absolute atomic E-state index is 12.7. The van der Waals surface area contributed by atoms with Crippen LogP contribution in [0.4, 0.5) is 5.82 Å². The predicted molar refractivity (Wildman–Crippen MR) is 169 cm³/mol. The van der Waals surface area contributed by atoms with E-state index in [0.29, 0.717) is 11.5 Å². The highest BCUT2D eigenvalue weighted by atomic mass is 32.2. The predicted octanol–water partition coefficient (Wildman–Crippen LogP) is 6.91. The third-order valence-corrected chi connectivity index (χ3v) is 9.21. The van der Waals surface area contributed by atoms with Gasteiger partial charge in [-0.05, 0) is 56.9 Å². The third-order valence-electron chi connectivity index (χ3n) is 7.92. The summed E-state index contributed by atoms with van der Waals surface area (Å²) in [4.78, 5) is 17.9. The highest BCUT2D eigenvalue weighted by molar-refractivity contribution is 7.86. The van der Waals surface area contributed by atoms with Gasteiger partial charge >= 0.3 is 0 Å². The molecule has 0 spiro atoms. The fourth-order valence-electron chi connectivity index (χ4n) is 5.27. The van der Waals surface area contributed by atoms with Gasteiger partial charge in [-0.2, -0.15) is 8.42 Å². The molecule has 0 radical (unpaired) electrons. The Labute approximate surface area is 251 Å². The van der Waals surface area contributed by atoms with Crippen molar-refractivity contribution < 1.29 is 12.6 Å². The van der Waals surface area contributed by atoms with Gasteiger partial charge in [-0.25, -0.2) is 15.0 Å². The summed E-state index contributed by atoms with van der Waals surface area (Å²) in [6.45, 7) is 3.96. The van der Waals surface area contributed by atoms with Crippen molar-refractivity contribution in [3.63, 3.8) is 0 Å². The van der Waals surface area contributed by atoms with Crippen LogP contribution in [-0.2, 0) is 14.3 Å². The Morgan fingerprint density at radius 1 is 0.907 bits per heavy atom. The largest absolute Gasteiger partial charge is 0.383 e. The lowest BCUT2D eigenvalue weighted by molar-refractivity contribution is 0.158. The number of nitrogen functional groups attached to an aromatic ring is 1. The topological polar surface area (TPSA) is 124 Å². The average Bonchev–Trinajstić information content (AvgIpc) is 3.06. The van der Waals surface area contributed by atoms with E-state index in [2.05, 4.69) is 16.0 Å². The van der Waals surface area contributed by atoms with Gasteiger partial charge in [-0.15, -0.1) is 0 Å². The van der Waals surface area contributed by atoms with E-state index in [1.54, 1.807) is 36.7 Å². The van der Waals surface area contributed by atoms with Crippen LogP contribution in [0.1, 0.15) is 35.7 Å². The van der Waals surface area contributed by atoms with E-state index >= 15 is 0 Å². The Morgan fingerprint density at radius 2 is 1.65 bits per heavy atom. The molecule has 8 nitrogen and oxygen atoms in total. The van der Waals surface area contributed by atoms with Gasteiger partial charge < -0.3 is 10.7 Å². The van der Waals surface area contributed by atoms with Gasteiger partial charge in [-0.1, -0.05) is 66.2 Å². The van der Waals surface area contributed by atoms with Crippen LogP contribution in [0.25, 0.3) is 33.4 Å². The second-order valence-corrected chi connectivity index (χ2v) is 12.6. The number of rotatable bonds is 7. The lowest BCUT2D eigenvalue weighted by Gasteiger charge is -2.34. The van der Waals surface area contributed by atoms with E-state index in [1.165, 1.54) is 0 Å². The SMILES string of the molecule is Cc1ccc(S(=O)(=O)OC[C@H]2C[C@H](c3nc(-c4ccc5ccc(-c6ccccc6)nc5c4)c(C)c(N)ncc[nH]3)C2)cc1. The van der Waals surface area contributed by atoms with Gasteiger partial charge in [-0.3, -0.25) is 4.18 Å². The summed E-state index contributed by atoms with van der Waals surface area (Å²) in [6.07, 6.45) is 4.83. The zero-order valence-corrected chi connectivity index (χ0v) is 24.9. The van der Waals surface area contributed by atoms with Crippen molar-refractivity contribution in [2.24, 2.45) is 5.92 Å². The third kappa shape index (κ3) is 6.28. The Morgan fingerprint density at radius 3 is 2.42 bits per heavy atom. The summed E-state index contributed by atoms with van der Waals surface area (Å²) in [5.74, 6) is 1.36. The van der Waals surface area contributed by atoms with Crippen molar-refractivity contribution >= 4 is 26.8 Å². The lowest BCUT2D eigenvalue weighted by atomic mass is 9.75. The van der Waals surface area contributed by atoms with Crippen molar-refractivity contribution in [1.29, 1.82) is 0 Å². The van der Waals surface area contributed by atoms with E-state index in [1.807, 2.05) is 68.4 Å². The number of hydrogen-bond donors (Lipinski definition) is 2. The monoisotopic (exact) mass is 591 g/mol. The standard InChI is InChI=1S/C34H33N5O3S/c1-22-8-13-29(14-9-22)43(40,41)42-21-24-18-28(19-24)34-37-17-16-36-33(35)23(2)32(39-34)27-11-10-26-12-15-30(38-31(26)20-27)25-6-4-3-5-7-25/h3-17,20,24,28H,18-19,21H2,1-2H3,(H2,35,36)(H,37,39)/t24-,28-. The van der Waals surface area contributed by atoms with Crippen LogP contribution in [-0.4, -0.2) is 35.0 Å². The highest BCUT2D eigenvalue weighted by Gasteiger charge is 2.33. The minimum absolute atomic E-state index is 0.0995. The first kappa shape index (κ1) is 28.5. The molecule has 3 N–H and O–H groups in total. The first-order chi connectivity index (χ1) is 20.8. The molecular weight excluding hydrogens is 558 g/mol. The molecule has 1 fully saturated rings. The van der Waals surface area contributed by atoms with Crippen LogP contribution in [0.15, 0.2) is 102 Å². The van der Waals surface area contributed by atoms with E-state index < -0.39 is 10.1 Å². The highest BCUT2D eigenvalue weighted by Crippen LogP contribution is 2.41. The molecule has 0 saturated heterocycles. The first-order valence-corrected chi connectivity index (χ1v) is 15.6. The summed E-state index contributed by atoms with van der Waals surface area (Å²) in [5, 5.41) is 1.03. The number of aryl methyl sites for hydroxylation is 1. The molecule has 3 aromatic carbocycles. The Balaban J connectivity index is 1.27. The lowest BCUT2D eigenvalue weighted by Crippen LogP contribution is -2.28. The second kappa shape index (κ2) is 11.9. The van der Waals surface area contributed by atoms with Crippen LogP contribution in [0.3, 0.4) is 0 Å². The number of aromatic nitrogens is 4. The smallest absolute Gasteiger partial charge is 0.296 e. The minimum Gasteiger partial charge on any atom is -0.383 e. The molecule has 0 atom stereocenters. The summed E-state index contributed by atoms with van der Waals surface area (Å²) < 4.78 is 30.7. The van der Waals surface area contributed by atoms with Crippen molar-refractivity contribution in [3.05, 3.63) is 114 Å². The molecule has 9 heteroatoms. The Kier molecular flexibility index (Phi) is 7.92. The molecular formula is C34H33N5O3S. The maximum Gasteiger partial charge on any atom is 0.296 e. The fraction of sp³-hybridized carbons (Fsp3) is 0.206. The molecule has 6 rings (SSSR count). The van der Waals surface area contributed by atoms with Gasteiger partial charge in [0.1, 0.15) is 11.6 Å². The summed E-state index contributed by atoms with van der Waals surface area (Å²) in [7, 11) is -3.80. The number of benzene rings is 3. The number of hydrogen-bond acceptors (Lipinski definition) is 7. The average molecular weight is 592 g/mol. The van der Waals surface area contributed by atoms with E-state index in [4.69, 9.17) is 19.9 Å². The number of nitrogens with one attached hydrogen (secondary N) is 1. The van der Waals surface area contributed by atoms with Gasteiger partial charge in [0.25, 0.3) is 10.1 Å². The first-order valence-electron chi connectivity index (χ1n) is 14.2. The molecule has 0 unspecified atom stereocenters. The zero-order valence-electron chi connectivity index (χ0n) is 24.1. The summed E-state index contributed by atoms with van der Waals surface area (Å²) in [6, 6.07) is 27.0. The summed E-state index contributed by atoms with van der Waals surface area (Å²) in [5.41, 5.74) is 12.5. The number of fused-ring (bicyclic) bond motifs is 1. The second-order valence-electron chi connectivity index (χ2n) is 11.0. The minimum atomic E-state index is -3.80. The molecule has 43 heavy (non-hydrogen) atoms. The van der Waals surface area contributed by atoms with Crippen molar-refractivity contribution in [3.8, 4) is 22.5 Å². The molecule has 218 valence electrons. The number of nitrogens with zero attached hydrogens (tertiary/aromatic N) is 3. The number of anilines is 1. The number of H-pyrrole nitrogens is 1. The van der Waals surface area contributed by atoms with Crippen LogP contribution in [0.2, 0.25) is 0 Å². The maximum atomic E-state index is 12.7. The molecule has 0 amide bonds. The van der Waals surface area contributed by atoms with E-state index in [0.717, 1.165) is 57.5 Å². The van der Waals surface area contributed by atoms with Crippen LogP contribution in [0.5, 0.6) is 0 Å². The van der Waals surface area contributed by atoms with E-state index in [9.17, 15) is 8.42 Å². The van der Waals surface area contributed by atoms with Crippen LogP contribution in [0, 0.1) is 19.8 Å². The zero-order chi connectivity index (χ0) is 30.0. The van der Waals surface area contributed by atoms with E-state index in [-0.39, 0.29) is 23.3 Å². The van der Waals surface area contributed by atoms with Crippen LogP contribution >= 0.6 is 0 Å². The van der Waals surface area contributed by atoms with Crippen molar-refractivity contribution in [1.82, 2.24) is 19.9 Å². The summed E-state index contributed by atoms with van der Waals surface area (Å²) >= 11 is 0. The normalized spacial score (nSPS) is 16.4. The molecule has 2 aromatic heterocycles. The number of pyridine rings is 1.